The molecular weight excluding hydrogens is 284 g/mol. The van der Waals surface area contributed by atoms with Gasteiger partial charge in [-0.3, -0.25) is 0 Å². The van der Waals surface area contributed by atoms with Gasteiger partial charge in [-0.15, -0.1) is 11.6 Å². The highest BCUT2D eigenvalue weighted by atomic mass is 35.5. The van der Waals surface area contributed by atoms with E-state index in [1.807, 2.05) is 43.3 Å². The van der Waals surface area contributed by atoms with E-state index in [9.17, 15) is 0 Å². The van der Waals surface area contributed by atoms with Gasteiger partial charge in [-0.05, 0) is 24.6 Å². The first-order valence-corrected chi connectivity index (χ1v) is 7.35. The Labute approximate surface area is 129 Å². The third-order valence-electron chi connectivity index (χ3n) is 3.52. The van der Waals surface area contributed by atoms with E-state index in [0.717, 1.165) is 29.2 Å². The second-order valence-electron chi connectivity index (χ2n) is 5.01. The zero-order valence-electron chi connectivity index (χ0n) is 12.1. The Morgan fingerprint density at radius 2 is 1.95 bits per heavy atom. The second kappa shape index (κ2) is 5.78. The maximum absolute atomic E-state index is 6.31. The Morgan fingerprint density at radius 3 is 2.62 bits per heavy atom. The fourth-order valence-electron chi connectivity index (χ4n) is 2.48. The topological polar surface area (TPSA) is 27.1 Å². The molecule has 108 valence electrons. The Morgan fingerprint density at radius 1 is 1.19 bits per heavy atom. The molecule has 1 aromatic heterocycles. The van der Waals surface area contributed by atoms with Crippen LogP contribution >= 0.6 is 11.6 Å². The average molecular weight is 301 g/mol. The summed E-state index contributed by atoms with van der Waals surface area (Å²) in [5, 5.41) is -0.146. The number of nitrogens with zero attached hydrogens (tertiary/aromatic N) is 2. The minimum absolute atomic E-state index is 0.146. The normalized spacial score (nSPS) is 12.5. The van der Waals surface area contributed by atoms with Crippen LogP contribution in [0.1, 0.15) is 23.7 Å². The summed E-state index contributed by atoms with van der Waals surface area (Å²) < 4.78 is 7.48. The maximum atomic E-state index is 6.31. The molecule has 3 aromatic rings. The zero-order valence-corrected chi connectivity index (χ0v) is 12.8. The summed E-state index contributed by atoms with van der Waals surface area (Å²) >= 11 is 6.31. The van der Waals surface area contributed by atoms with Crippen LogP contribution in [-0.4, -0.2) is 16.7 Å². The molecule has 1 heterocycles. The van der Waals surface area contributed by atoms with E-state index < -0.39 is 0 Å². The highest BCUT2D eigenvalue weighted by molar-refractivity contribution is 6.20. The summed E-state index contributed by atoms with van der Waals surface area (Å²) in [5.74, 6) is 1.70. The Bertz CT molecular complexity index is 750. The number of fused-ring (bicyclic) bond motifs is 1. The van der Waals surface area contributed by atoms with E-state index in [1.54, 1.807) is 7.11 Å². The van der Waals surface area contributed by atoms with Gasteiger partial charge in [0.2, 0.25) is 0 Å². The molecule has 0 N–H and O–H groups in total. The molecule has 0 fully saturated rings. The van der Waals surface area contributed by atoms with Crippen molar-refractivity contribution < 1.29 is 4.74 Å². The van der Waals surface area contributed by atoms with Gasteiger partial charge in [0.1, 0.15) is 11.6 Å². The lowest BCUT2D eigenvalue weighted by molar-refractivity contribution is 0.415. The average Bonchev–Trinajstić information content (AvgIpc) is 2.86. The summed E-state index contributed by atoms with van der Waals surface area (Å²) in [6, 6.07) is 16.2. The Kier molecular flexibility index (Phi) is 3.84. The van der Waals surface area contributed by atoms with Gasteiger partial charge in [0.25, 0.3) is 0 Å². The predicted octanol–water partition coefficient (Wildman–Crippen LogP) is 4.39. The summed E-state index contributed by atoms with van der Waals surface area (Å²) in [6.07, 6.45) is 0. The molecule has 4 heteroatoms. The molecule has 0 spiro atoms. The van der Waals surface area contributed by atoms with Crippen LogP contribution in [0, 0.1) is 0 Å². The number of halogens is 1. The van der Waals surface area contributed by atoms with Gasteiger partial charge in [0.15, 0.2) is 0 Å². The standard InChI is InChI=1S/C17H17ClN2O/c1-12(18)17-19-15-9-8-14(21-2)10-16(15)20(17)11-13-6-4-3-5-7-13/h3-10,12H,11H2,1-2H3. The van der Waals surface area contributed by atoms with Crippen molar-refractivity contribution in [1.29, 1.82) is 0 Å². The molecule has 1 atom stereocenters. The van der Waals surface area contributed by atoms with Gasteiger partial charge in [0.05, 0.1) is 23.5 Å². The van der Waals surface area contributed by atoms with Gasteiger partial charge in [-0.25, -0.2) is 4.98 Å². The number of rotatable bonds is 4. The molecule has 2 aromatic carbocycles. The van der Waals surface area contributed by atoms with Crippen LogP contribution in [0.15, 0.2) is 48.5 Å². The summed E-state index contributed by atoms with van der Waals surface area (Å²) in [4.78, 5) is 4.66. The largest absolute Gasteiger partial charge is 0.497 e. The van der Waals surface area contributed by atoms with E-state index in [0.29, 0.717) is 0 Å². The van der Waals surface area contributed by atoms with Crippen molar-refractivity contribution in [2.75, 3.05) is 7.11 Å². The van der Waals surface area contributed by atoms with Crippen molar-refractivity contribution in [3.63, 3.8) is 0 Å². The van der Waals surface area contributed by atoms with Crippen molar-refractivity contribution in [1.82, 2.24) is 9.55 Å². The maximum Gasteiger partial charge on any atom is 0.128 e. The zero-order chi connectivity index (χ0) is 14.8. The van der Waals surface area contributed by atoms with Crippen molar-refractivity contribution in [2.24, 2.45) is 0 Å². The van der Waals surface area contributed by atoms with Gasteiger partial charge in [0, 0.05) is 12.6 Å². The van der Waals surface area contributed by atoms with Crippen LogP contribution in [0.4, 0.5) is 0 Å². The van der Waals surface area contributed by atoms with Crippen LogP contribution in [0.25, 0.3) is 11.0 Å². The first kappa shape index (κ1) is 14.0. The summed E-state index contributed by atoms with van der Waals surface area (Å²) in [5.41, 5.74) is 3.20. The van der Waals surface area contributed by atoms with E-state index in [4.69, 9.17) is 16.3 Å². The Balaban J connectivity index is 2.14. The van der Waals surface area contributed by atoms with Crippen molar-refractivity contribution in [3.05, 3.63) is 59.9 Å². The van der Waals surface area contributed by atoms with Crippen LogP contribution in [0.2, 0.25) is 0 Å². The molecule has 0 aliphatic carbocycles. The number of alkyl halides is 1. The molecule has 0 bridgehead atoms. The van der Waals surface area contributed by atoms with E-state index in [2.05, 4.69) is 21.7 Å². The number of ether oxygens (including phenoxy) is 1. The van der Waals surface area contributed by atoms with Crippen molar-refractivity contribution in [3.8, 4) is 5.75 Å². The summed E-state index contributed by atoms with van der Waals surface area (Å²) in [7, 11) is 1.67. The highest BCUT2D eigenvalue weighted by Gasteiger charge is 2.15. The lowest BCUT2D eigenvalue weighted by atomic mass is 10.2. The SMILES string of the molecule is COc1ccc2nc(C(C)Cl)n(Cc3ccccc3)c2c1. The molecule has 0 saturated heterocycles. The van der Waals surface area contributed by atoms with Gasteiger partial charge in [-0.2, -0.15) is 0 Å². The number of methoxy groups -OCH3 is 1. The Hall–Kier alpha value is -2.00. The van der Waals surface area contributed by atoms with E-state index >= 15 is 0 Å². The minimum atomic E-state index is -0.146. The van der Waals surface area contributed by atoms with Gasteiger partial charge in [-0.1, -0.05) is 30.3 Å². The number of hydrogen-bond acceptors (Lipinski definition) is 2. The van der Waals surface area contributed by atoms with Crippen LogP contribution in [0.3, 0.4) is 0 Å². The van der Waals surface area contributed by atoms with Crippen LogP contribution in [-0.2, 0) is 6.54 Å². The lowest BCUT2D eigenvalue weighted by Crippen LogP contribution is -2.05. The third kappa shape index (κ3) is 2.74. The molecular formula is C17H17ClN2O. The van der Waals surface area contributed by atoms with Crippen molar-refractivity contribution in [2.45, 2.75) is 18.8 Å². The smallest absolute Gasteiger partial charge is 0.128 e. The fourth-order valence-corrected chi connectivity index (χ4v) is 2.65. The molecule has 1 unspecified atom stereocenters. The fraction of sp³-hybridized carbons (Fsp3) is 0.235. The van der Waals surface area contributed by atoms with Crippen LogP contribution < -0.4 is 4.74 Å². The van der Waals surface area contributed by atoms with Gasteiger partial charge < -0.3 is 9.30 Å². The first-order chi connectivity index (χ1) is 10.2. The van der Waals surface area contributed by atoms with E-state index in [-0.39, 0.29) is 5.38 Å². The first-order valence-electron chi connectivity index (χ1n) is 6.91. The van der Waals surface area contributed by atoms with E-state index in [1.165, 1.54) is 5.56 Å². The minimum Gasteiger partial charge on any atom is -0.497 e. The third-order valence-corrected chi connectivity index (χ3v) is 3.72. The predicted molar refractivity (Wildman–Crippen MR) is 86.1 cm³/mol. The monoisotopic (exact) mass is 300 g/mol. The molecule has 21 heavy (non-hydrogen) atoms. The molecule has 0 aliphatic heterocycles. The molecule has 0 radical (unpaired) electrons. The lowest BCUT2D eigenvalue weighted by Gasteiger charge is -2.11. The second-order valence-corrected chi connectivity index (χ2v) is 5.67. The van der Waals surface area contributed by atoms with Gasteiger partial charge >= 0.3 is 0 Å². The van der Waals surface area contributed by atoms with Crippen molar-refractivity contribution >= 4 is 22.6 Å². The molecule has 3 rings (SSSR count). The number of imidazole rings is 1. The molecule has 3 nitrogen and oxygen atoms in total. The highest BCUT2D eigenvalue weighted by Crippen LogP contribution is 2.28. The summed E-state index contributed by atoms with van der Waals surface area (Å²) in [6.45, 7) is 2.69. The molecule has 0 saturated carbocycles. The molecule has 0 aliphatic rings. The quantitative estimate of drug-likeness (QED) is 0.668. The number of benzene rings is 2. The number of aromatic nitrogens is 2. The number of hydrogen-bond donors (Lipinski definition) is 0. The molecule has 0 amide bonds. The van der Waals surface area contributed by atoms with Crippen LogP contribution in [0.5, 0.6) is 5.75 Å².